The van der Waals surface area contributed by atoms with Crippen LogP contribution >= 0.6 is 0 Å². The highest BCUT2D eigenvalue weighted by Crippen LogP contribution is 2.20. The lowest BCUT2D eigenvalue weighted by molar-refractivity contribution is -0.137. The van der Waals surface area contributed by atoms with Gasteiger partial charge in [0.25, 0.3) is 0 Å². The Hall–Kier alpha value is -1.77. The van der Waals surface area contributed by atoms with Gasteiger partial charge in [-0.05, 0) is 42.7 Å². The minimum absolute atomic E-state index is 0.318. The Labute approximate surface area is 102 Å². The molecule has 0 aliphatic carbocycles. The van der Waals surface area contributed by atoms with Crippen molar-refractivity contribution < 1.29 is 14.3 Å². The smallest absolute Gasteiger partial charge is 0.330 e. The van der Waals surface area contributed by atoms with E-state index in [1.54, 1.807) is 20.1 Å². The third kappa shape index (κ3) is 3.94. The van der Waals surface area contributed by atoms with E-state index >= 15 is 0 Å². The van der Waals surface area contributed by atoms with E-state index in [0.29, 0.717) is 6.61 Å². The van der Waals surface area contributed by atoms with Crippen molar-refractivity contribution in [3.63, 3.8) is 0 Å². The average Bonchev–Trinajstić information content (AvgIpc) is 2.36. The number of esters is 1. The molecule has 0 atom stereocenters. The van der Waals surface area contributed by atoms with Gasteiger partial charge in [0.1, 0.15) is 5.75 Å². The van der Waals surface area contributed by atoms with E-state index < -0.39 is 0 Å². The predicted molar refractivity (Wildman–Crippen MR) is 68.0 cm³/mol. The second-order valence-corrected chi connectivity index (χ2v) is 3.51. The Morgan fingerprint density at radius 3 is 2.71 bits per heavy atom. The summed E-state index contributed by atoms with van der Waals surface area (Å²) in [4.78, 5) is 11.2. The van der Waals surface area contributed by atoms with Gasteiger partial charge in [0.15, 0.2) is 0 Å². The van der Waals surface area contributed by atoms with E-state index in [2.05, 4.69) is 6.92 Å². The molecule has 1 aromatic rings. The summed E-state index contributed by atoms with van der Waals surface area (Å²) < 4.78 is 10.1. The van der Waals surface area contributed by atoms with Crippen LogP contribution in [-0.4, -0.2) is 19.7 Å². The first kappa shape index (κ1) is 13.3. The first-order valence-electron chi connectivity index (χ1n) is 5.73. The molecular weight excluding hydrogens is 216 g/mol. The molecule has 0 unspecified atom stereocenters. The van der Waals surface area contributed by atoms with E-state index in [0.717, 1.165) is 23.3 Å². The minimum atomic E-state index is -0.318. The summed E-state index contributed by atoms with van der Waals surface area (Å²) in [6.45, 7) is 4.25. The number of carbonyl (C=O) groups is 1. The zero-order valence-corrected chi connectivity index (χ0v) is 10.5. The Morgan fingerprint density at radius 1 is 1.35 bits per heavy atom. The molecule has 3 heteroatoms. The molecule has 0 saturated heterocycles. The van der Waals surface area contributed by atoms with Gasteiger partial charge in [-0.2, -0.15) is 0 Å². The third-order valence-corrected chi connectivity index (χ3v) is 2.38. The van der Waals surface area contributed by atoms with Crippen LogP contribution in [0.3, 0.4) is 0 Å². The fourth-order valence-corrected chi connectivity index (χ4v) is 1.53. The van der Waals surface area contributed by atoms with Crippen LogP contribution in [0.4, 0.5) is 0 Å². The fourth-order valence-electron chi connectivity index (χ4n) is 1.53. The molecule has 0 amide bonds. The van der Waals surface area contributed by atoms with Crippen molar-refractivity contribution in [2.24, 2.45) is 0 Å². The third-order valence-electron chi connectivity index (χ3n) is 2.38. The molecule has 92 valence electrons. The van der Waals surface area contributed by atoms with Gasteiger partial charge in [-0.1, -0.05) is 13.0 Å². The first-order chi connectivity index (χ1) is 8.21. The molecule has 3 nitrogen and oxygen atoms in total. The van der Waals surface area contributed by atoms with Crippen LogP contribution in [0.5, 0.6) is 5.75 Å². The molecule has 0 spiro atoms. The van der Waals surface area contributed by atoms with E-state index in [1.807, 2.05) is 18.2 Å². The van der Waals surface area contributed by atoms with Gasteiger partial charge >= 0.3 is 5.97 Å². The van der Waals surface area contributed by atoms with Crippen molar-refractivity contribution in [2.75, 3.05) is 13.7 Å². The van der Waals surface area contributed by atoms with Gasteiger partial charge in [0.05, 0.1) is 13.7 Å². The summed E-state index contributed by atoms with van der Waals surface area (Å²) in [6, 6.07) is 5.83. The normalized spacial score (nSPS) is 10.5. The van der Waals surface area contributed by atoms with Crippen molar-refractivity contribution in [1.82, 2.24) is 0 Å². The highest BCUT2D eigenvalue weighted by atomic mass is 16.5. The molecule has 0 heterocycles. The molecule has 0 saturated carbocycles. The molecule has 0 aliphatic heterocycles. The number of hydrogen-bond donors (Lipinski definition) is 0. The van der Waals surface area contributed by atoms with Crippen molar-refractivity contribution in [3.05, 3.63) is 35.4 Å². The van der Waals surface area contributed by atoms with Crippen LogP contribution in [0.1, 0.15) is 25.0 Å². The lowest BCUT2D eigenvalue weighted by Gasteiger charge is -2.07. The number of rotatable bonds is 5. The van der Waals surface area contributed by atoms with E-state index in [1.165, 1.54) is 6.08 Å². The van der Waals surface area contributed by atoms with Crippen LogP contribution in [0.2, 0.25) is 0 Å². The summed E-state index contributed by atoms with van der Waals surface area (Å²) in [7, 11) is 1.66. The van der Waals surface area contributed by atoms with Gasteiger partial charge in [0.2, 0.25) is 0 Å². The van der Waals surface area contributed by atoms with Crippen LogP contribution in [0.25, 0.3) is 6.08 Å². The molecule has 0 aromatic heterocycles. The van der Waals surface area contributed by atoms with Crippen molar-refractivity contribution in [2.45, 2.75) is 20.3 Å². The molecule has 0 bridgehead atoms. The summed E-state index contributed by atoms with van der Waals surface area (Å²) in [5.74, 6) is 0.558. The van der Waals surface area contributed by atoms with Crippen molar-refractivity contribution in [1.29, 1.82) is 0 Å². The number of hydrogen-bond acceptors (Lipinski definition) is 3. The summed E-state index contributed by atoms with van der Waals surface area (Å²) >= 11 is 0. The Morgan fingerprint density at radius 2 is 2.12 bits per heavy atom. The zero-order chi connectivity index (χ0) is 12.7. The molecular formula is C14H18O3. The van der Waals surface area contributed by atoms with E-state index in [-0.39, 0.29) is 5.97 Å². The van der Waals surface area contributed by atoms with Crippen molar-refractivity contribution in [3.8, 4) is 5.75 Å². The molecule has 1 aromatic carbocycles. The topological polar surface area (TPSA) is 35.5 Å². The second-order valence-electron chi connectivity index (χ2n) is 3.51. The summed E-state index contributed by atoms with van der Waals surface area (Å²) in [6.07, 6.45) is 4.08. The number of ether oxygens (including phenoxy) is 2. The fraction of sp³-hybridized carbons (Fsp3) is 0.357. The monoisotopic (exact) mass is 234 g/mol. The van der Waals surface area contributed by atoms with Gasteiger partial charge in [-0.25, -0.2) is 4.79 Å². The SMILES string of the molecule is CCOC(=O)C=Cc1ccc(OC)c(CC)c1. The van der Waals surface area contributed by atoms with Crippen LogP contribution in [-0.2, 0) is 16.0 Å². The van der Waals surface area contributed by atoms with Gasteiger partial charge in [-0.15, -0.1) is 0 Å². The Bertz CT molecular complexity index is 408. The van der Waals surface area contributed by atoms with Crippen LogP contribution in [0, 0.1) is 0 Å². The largest absolute Gasteiger partial charge is 0.496 e. The van der Waals surface area contributed by atoms with Crippen LogP contribution < -0.4 is 4.74 Å². The molecule has 0 N–H and O–H groups in total. The molecule has 0 aliphatic rings. The maximum Gasteiger partial charge on any atom is 0.330 e. The summed E-state index contributed by atoms with van der Waals surface area (Å²) in [5, 5.41) is 0. The van der Waals surface area contributed by atoms with E-state index in [9.17, 15) is 4.79 Å². The van der Waals surface area contributed by atoms with E-state index in [4.69, 9.17) is 9.47 Å². The number of aryl methyl sites for hydroxylation is 1. The standard InChI is InChI=1S/C14H18O3/c1-4-12-10-11(6-8-13(12)16-3)7-9-14(15)17-5-2/h6-10H,4-5H2,1-3H3. The minimum Gasteiger partial charge on any atom is -0.496 e. The first-order valence-corrected chi connectivity index (χ1v) is 5.73. The zero-order valence-electron chi connectivity index (χ0n) is 10.5. The lowest BCUT2D eigenvalue weighted by Crippen LogP contribution is -1.98. The van der Waals surface area contributed by atoms with Crippen molar-refractivity contribution >= 4 is 12.0 Å². The average molecular weight is 234 g/mol. The van der Waals surface area contributed by atoms with Gasteiger partial charge < -0.3 is 9.47 Å². The number of benzene rings is 1. The van der Waals surface area contributed by atoms with Gasteiger partial charge in [0, 0.05) is 6.08 Å². The molecule has 1 rings (SSSR count). The highest BCUT2D eigenvalue weighted by Gasteiger charge is 2.01. The molecule has 17 heavy (non-hydrogen) atoms. The lowest BCUT2D eigenvalue weighted by atomic mass is 10.1. The molecule has 0 fully saturated rings. The second kappa shape index (κ2) is 6.74. The summed E-state index contributed by atoms with van der Waals surface area (Å²) in [5.41, 5.74) is 2.09. The maximum atomic E-state index is 11.2. The number of carbonyl (C=O) groups excluding carboxylic acids is 1. The Balaban J connectivity index is 2.82. The van der Waals surface area contributed by atoms with Crippen LogP contribution in [0.15, 0.2) is 24.3 Å². The maximum absolute atomic E-state index is 11.2. The highest BCUT2D eigenvalue weighted by molar-refractivity contribution is 5.87. The Kier molecular flexibility index (Phi) is 5.27. The molecule has 0 radical (unpaired) electrons. The van der Waals surface area contributed by atoms with Gasteiger partial charge in [-0.3, -0.25) is 0 Å². The predicted octanol–water partition coefficient (Wildman–Crippen LogP) is 2.83. The number of methoxy groups -OCH3 is 1. The quantitative estimate of drug-likeness (QED) is 0.580.